The molecule has 0 saturated carbocycles. The quantitative estimate of drug-likeness (QED) is 0.903. The summed E-state index contributed by atoms with van der Waals surface area (Å²) in [5, 5.41) is 0. The number of aromatic nitrogens is 3. The Morgan fingerprint density at radius 3 is 2.91 bits per heavy atom. The van der Waals surface area contributed by atoms with E-state index in [1.807, 2.05) is 13.0 Å². The zero-order valence-corrected chi connectivity index (χ0v) is 12.3. The maximum Gasteiger partial charge on any atom is 0.250 e. The third-order valence-electron chi connectivity index (χ3n) is 3.58. The number of primary amides is 1. The van der Waals surface area contributed by atoms with Crippen LogP contribution in [0.2, 0.25) is 0 Å². The van der Waals surface area contributed by atoms with Crippen LogP contribution in [0.3, 0.4) is 0 Å². The van der Waals surface area contributed by atoms with Crippen LogP contribution >= 0.6 is 0 Å². The van der Waals surface area contributed by atoms with Gasteiger partial charge in [0.2, 0.25) is 5.91 Å². The second-order valence-corrected chi connectivity index (χ2v) is 5.16. The first-order chi connectivity index (χ1) is 10.6. The van der Waals surface area contributed by atoms with Crippen molar-refractivity contribution in [1.29, 1.82) is 0 Å². The van der Waals surface area contributed by atoms with Crippen molar-refractivity contribution in [2.75, 3.05) is 24.6 Å². The molecule has 0 radical (unpaired) electrons. The summed E-state index contributed by atoms with van der Waals surface area (Å²) < 4.78 is 5.78. The number of ether oxygens (including phenoxy) is 1. The first-order valence-electron chi connectivity index (χ1n) is 7.04. The number of anilines is 1. The van der Waals surface area contributed by atoms with Crippen LogP contribution in [0.15, 0.2) is 30.7 Å². The molecular weight excluding hydrogens is 282 g/mol. The lowest BCUT2D eigenvalue weighted by molar-refractivity contribution is 0.0367. The van der Waals surface area contributed by atoms with Gasteiger partial charge in [-0.3, -0.25) is 9.78 Å². The molecule has 1 aliphatic rings. The highest BCUT2D eigenvalue weighted by Crippen LogP contribution is 2.24. The van der Waals surface area contributed by atoms with E-state index >= 15 is 0 Å². The summed E-state index contributed by atoms with van der Waals surface area (Å²) in [6.45, 7) is 3.95. The van der Waals surface area contributed by atoms with E-state index in [-0.39, 0.29) is 6.10 Å². The Morgan fingerprint density at radius 2 is 2.23 bits per heavy atom. The number of carbonyl (C=O) groups is 1. The molecule has 22 heavy (non-hydrogen) atoms. The number of nitrogens with zero attached hydrogens (tertiary/aromatic N) is 4. The lowest BCUT2D eigenvalue weighted by Gasteiger charge is -2.33. The van der Waals surface area contributed by atoms with E-state index < -0.39 is 5.91 Å². The molecule has 1 amide bonds. The molecule has 2 aromatic rings. The molecular formula is C15H17N5O2. The Kier molecular flexibility index (Phi) is 3.97. The summed E-state index contributed by atoms with van der Waals surface area (Å²) in [4.78, 5) is 25.9. The van der Waals surface area contributed by atoms with Gasteiger partial charge in [0.1, 0.15) is 18.2 Å². The highest BCUT2D eigenvalue weighted by atomic mass is 16.5. The largest absolute Gasteiger partial charge is 0.368 e. The summed E-state index contributed by atoms with van der Waals surface area (Å²) in [6.07, 6.45) is 2.88. The van der Waals surface area contributed by atoms with Crippen LogP contribution in [0.4, 0.5) is 5.82 Å². The zero-order chi connectivity index (χ0) is 15.5. The fourth-order valence-corrected chi connectivity index (χ4v) is 2.39. The molecule has 0 aliphatic carbocycles. The number of carbonyl (C=O) groups excluding carboxylic acids is 1. The van der Waals surface area contributed by atoms with Crippen molar-refractivity contribution in [3.63, 3.8) is 0 Å². The molecule has 7 heteroatoms. The summed E-state index contributed by atoms with van der Waals surface area (Å²) in [5.74, 6) is 0.399. The Labute approximate surface area is 128 Å². The van der Waals surface area contributed by atoms with Gasteiger partial charge in [-0.15, -0.1) is 0 Å². The molecule has 2 aromatic heterocycles. The lowest BCUT2D eigenvalue weighted by atomic mass is 10.1. The number of pyridine rings is 1. The number of hydrogen-bond donors (Lipinski definition) is 1. The van der Waals surface area contributed by atoms with Gasteiger partial charge in [-0.1, -0.05) is 0 Å². The lowest BCUT2D eigenvalue weighted by Crippen LogP contribution is -2.39. The van der Waals surface area contributed by atoms with Crippen molar-refractivity contribution >= 4 is 11.7 Å². The molecule has 7 nitrogen and oxygen atoms in total. The van der Waals surface area contributed by atoms with Crippen LogP contribution in [0.1, 0.15) is 27.8 Å². The molecule has 114 valence electrons. The highest BCUT2D eigenvalue weighted by molar-refractivity contribution is 5.92. The number of rotatable bonds is 3. The van der Waals surface area contributed by atoms with Gasteiger partial charge in [-0.05, 0) is 19.1 Å². The van der Waals surface area contributed by atoms with Gasteiger partial charge in [0.05, 0.1) is 24.4 Å². The van der Waals surface area contributed by atoms with E-state index in [4.69, 9.17) is 10.5 Å². The minimum absolute atomic E-state index is 0.161. The van der Waals surface area contributed by atoms with Crippen molar-refractivity contribution in [3.8, 4) is 0 Å². The van der Waals surface area contributed by atoms with Gasteiger partial charge in [-0.2, -0.15) is 0 Å². The van der Waals surface area contributed by atoms with E-state index in [0.717, 1.165) is 23.8 Å². The average Bonchev–Trinajstić information content (AvgIpc) is 2.55. The molecule has 0 bridgehead atoms. The first kappa shape index (κ1) is 14.4. The van der Waals surface area contributed by atoms with Crippen LogP contribution in [-0.2, 0) is 4.74 Å². The van der Waals surface area contributed by atoms with Crippen molar-refractivity contribution in [3.05, 3.63) is 47.7 Å². The predicted octanol–water partition coefficient (Wildman–Crippen LogP) is 0.857. The fraction of sp³-hybridized carbons (Fsp3) is 0.333. The number of morpholine rings is 1. The third-order valence-corrected chi connectivity index (χ3v) is 3.58. The van der Waals surface area contributed by atoms with Gasteiger partial charge in [0, 0.05) is 24.5 Å². The van der Waals surface area contributed by atoms with Crippen molar-refractivity contribution in [2.24, 2.45) is 5.73 Å². The topological polar surface area (TPSA) is 94.2 Å². The van der Waals surface area contributed by atoms with E-state index in [0.29, 0.717) is 18.7 Å². The monoisotopic (exact) mass is 299 g/mol. The normalized spacial score (nSPS) is 18.2. The number of hydrogen-bond acceptors (Lipinski definition) is 6. The summed E-state index contributed by atoms with van der Waals surface area (Å²) >= 11 is 0. The maximum atomic E-state index is 11.1. The highest BCUT2D eigenvalue weighted by Gasteiger charge is 2.24. The van der Waals surface area contributed by atoms with Gasteiger partial charge < -0.3 is 15.4 Å². The van der Waals surface area contributed by atoms with Gasteiger partial charge >= 0.3 is 0 Å². The SMILES string of the molecule is Cc1cc(N2CCO[C@H](c3ccc(C(N)=O)cn3)C2)ncn1. The van der Waals surface area contributed by atoms with Crippen molar-refractivity contribution in [1.82, 2.24) is 15.0 Å². The van der Waals surface area contributed by atoms with E-state index in [9.17, 15) is 4.79 Å². The predicted molar refractivity (Wildman–Crippen MR) is 80.4 cm³/mol. The Balaban J connectivity index is 1.76. The number of aryl methyl sites for hydroxylation is 1. The van der Waals surface area contributed by atoms with E-state index in [2.05, 4.69) is 19.9 Å². The molecule has 0 aromatic carbocycles. The van der Waals surface area contributed by atoms with Gasteiger partial charge in [0.25, 0.3) is 0 Å². The molecule has 1 saturated heterocycles. The Morgan fingerprint density at radius 1 is 1.36 bits per heavy atom. The minimum Gasteiger partial charge on any atom is -0.368 e. The molecule has 1 aliphatic heterocycles. The third kappa shape index (κ3) is 3.04. The smallest absolute Gasteiger partial charge is 0.250 e. The molecule has 2 N–H and O–H groups in total. The van der Waals surface area contributed by atoms with Crippen LogP contribution in [0.25, 0.3) is 0 Å². The maximum absolute atomic E-state index is 11.1. The van der Waals surface area contributed by atoms with Crippen LogP contribution in [-0.4, -0.2) is 40.6 Å². The standard InChI is InChI=1S/C15H17N5O2/c1-10-6-14(19-9-18-10)20-4-5-22-13(8-20)12-3-2-11(7-17-12)15(16)21/h2-3,6-7,9,13H,4-5,8H2,1H3,(H2,16,21)/t13-/m0/s1. The number of nitrogens with two attached hydrogens (primary N) is 1. The van der Waals surface area contributed by atoms with Crippen LogP contribution in [0.5, 0.6) is 0 Å². The molecule has 0 spiro atoms. The molecule has 1 atom stereocenters. The van der Waals surface area contributed by atoms with Crippen LogP contribution < -0.4 is 10.6 Å². The minimum atomic E-state index is -0.485. The number of amides is 1. The fourth-order valence-electron chi connectivity index (χ4n) is 2.39. The Hall–Kier alpha value is -2.54. The van der Waals surface area contributed by atoms with Crippen LogP contribution in [0, 0.1) is 6.92 Å². The van der Waals surface area contributed by atoms with E-state index in [1.165, 1.54) is 6.20 Å². The molecule has 3 heterocycles. The van der Waals surface area contributed by atoms with E-state index in [1.54, 1.807) is 18.5 Å². The van der Waals surface area contributed by atoms with Crippen molar-refractivity contribution < 1.29 is 9.53 Å². The summed E-state index contributed by atoms with van der Waals surface area (Å²) in [7, 11) is 0. The van der Waals surface area contributed by atoms with Crippen molar-refractivity contribution in [2.45, 2.75) is 13.0 Å². The second-order valence-electron chi connectivity index (χ2n) is 5.16. The van der Waals surface area contributed by atoms with Gasteiger partial charge in [-0.25, -0.2) is 9.97 Å². The molecule has 3 rings (SSSR count). The van der Waals surface area contributed by atoms with Gasteiger partial charge in [0.15, 0.2) is 0 Å². The first-order valence-corrected chi connectivity index (χ1v) is 7.04. The Bertz CT molecular complexity index is 674. The second kappa shape index (κ2) is 6.07. The molecule has 0 unspecified atom stereocenters. The zero-order valence-electron chi connectivity index (χ0n) is 12.3. The average molecular weight is 299 g/mol. The summed E-state index contributed by atoms with van der Waals surface area (Å²) in [5.41, 5.74) is 7.32. The molecule has 1 fully saturated rings. The summed E-state index contributed by atoms with van der Waals surface area (Å²) in [6, 6.07) is 5.40.